The van der Waals surface area contributed by atoms with Crippen molar-refractivity contribution in [2.45, 2.75) is 87.9 Å². The van der Waals surface area contributed by atoms with E-state index in [4.69, 9.17) is 0 Å². The maximum atomic E-state index is 12.4. The van der Waals surface area contributed by atoms with E-state index in [1.165, 1.54) is 50.7 Å². The summed E-state index contributed by atoms with van der Waals surface area (Å²) in [4.78, 5) is 49.8. The molecule has 8 aliphatic rings. The Kier molecular flexibility index (Phi) is 6.43. The van der Waals surface area contributed by atoms with Crippen molar-refractivity contribution >= 4 is 45.4 Å². The van der Waals surface area contributed by atoms with Crippen LogP contribution in [0.25, 0.3) is 21.5 Å². The van der Waals surface area contributed by atoms with E-state index in [0.29, 0.717) is 34.4 Å². The molecular formula is C44H42O8. The number of hydrogen-bond donors (Lipinski definition) is 4. The van der Waals surface area contributed by atoms with E-state index in [9.17, 15) is 39.6 Å². The largest absolute Gasteiger partial charge is 0.478 e. The molecule has 8 aliphatic carbocycles. The van der Waals surface area contributed by atoms with E-state index in [1.54, 1.807) is 24.3 Å². The Bertz CT molecular complexity index is 2070. The first-order chi connectivity index (χ1) is 24.9. The summed E-state index contributed by atoms with van der Waals surface area (Å²) in [6, 6.07) is 17.7. The summed E-state index contributed by atoms with van der Waals surface area (Å²) in [5.41, 5.74) is 2.21. The number of benzene rings is 4. The fraction of sp³-hybridized carbons (Fsp3) is 0.455. The van der Waals surface area contributed by atoms with Crippen molar-refractivity contribution < 1.29 is 39.6 Å². The van der Waals surface area contributed by atoms with Crippen molar-refractivity contribution in [2.75, 3.05) is 0 Å². The molecule has 0 radical (unpaired) electrons. The third-order valence-electron chi connectivity index (χ3n) is 15.4. The van der Waals surface area contributed by atoms with Gasteiger partial charge in [0.15, 0.2) is 0 Å². The molecule has 8 nitrogen and oxygen atoms in total. The monoisotopic (exact) mass is 698 g/mol. The minimum Gasteiger partial charge on any atom is -0.478 e. The van der Waals surface area contributed by atoms with Crippen LogP contribution in [0.15, 0.2) is 60.7 Å². The standard InChI is InChI=1S/C44H42O8/c45-37(46)29-5-1-3-27-33(9-7-31(35(27)29)39(49)50)41-13-23-11-24(14-41)18-43(17-23,21-41)44-19-25-12-26(20-44)16-42(15-25,22-44)34-10-8-32(40(51)52)36-28(34)4-2-6-30(36)38(47)48/h1-10,23-26H,11-22H2,(H,45,46)(H,47,48)(H,49,50)(H,51,52). The molecule has 8 saturated carbocycles. The minimum absolute atomic E-state index is 0.0337. The molecule has 12 rings (SSSR count). The molecule has 4 atom stereocenters. The van der Waals surface area contributed by atoms with Gasteiger partial charge in [-0.1, -0.05) is 36.4 Å². The van der Waals surface area contributed by atoms with Gasteiger partial charge in [-0.2, -0.15) is 0 Å². The minimum atomic E-state index is -1.12. The lowest BCUT2D eigenvalue weighted by molar-refractivity contribution is -0.211. The Balaban J connectivity index is 1.13. The molecule has 0 heterocycles. The lowest BCUT2D eigenvalue weighted by Gasteiger charge is -2.74. The Labute approximate surface area is 300 Å². The predicted octanol–water partition coefficient (Wildman–Crippen LogP) is 9.16. The molecule has 8 fully saturated rings. The van der Waals surface area contributed by atoms with Gasteiger partial charge in [0.2, 0.25) is 0 Å². The fourth-order valence-corrected chi connectivity index (χ4v) is 14.8. The summed E-state index contributed by atoms with van der Waals surface area (Å²) in [5.74, 6) is -2.27. The molecule has 0 aromatic heterocycles. The Hall–Kier alpha value is -4.72. The second kappa shape index (κ2) is 10.5. The van der Waals surface area contributed by atoms with Crippen molar-refractivity contribution in [2.24, 2.45) is 34.5 Å². The Morgan fingerprint density at radius 1 is 0.442 bits per heavy atom. The zero-order chi connectivity index (χ0) is 35.9. The zero-order valence-electron chi connectivity index (χ0n) is 29.0. The van der Waals surface area contributed by atoms with Gasteiger partial charge in [0, 0.05) is 10.8 Å². The van der Waals surface area contributed by atoms with Crippen LogP contribution in [0.3, 0.4) is 0 Å². The van der Waals surface area contributed by atoms with Crippen LogP contribution < -0.4 is 0 Å². The van der Waals surface area contributed by atoms with Gasteiger partial charge in [0.05, 0.1) is 22.3 Å². The van der Waals surface area contributed by atoms with Crippen LogP contribution >= 0.6 is 0 Å². The van der Waals surface area contributed by atoms with Crippen LogP contribution in [-0.2, 0) is 10.8 Å². The molecule has 8 heteroatoms. The fourth-order valence-electron chi connectivity index (χ4n) is 14.8. The Morgan fingerprint density at radius 2 is 0.769 bits per heavy atom. The number of carboxylic acid groups (broad SMARTS) is 4. The number of carbonyl (C=O) groups is 4. The first-order valence-electron chi connectivity index (χ1n) is 18.9. The maximum Gasteiger partial charge on any atom is 0.336 e. The molecule has 0 saturated heterocycles. The molecule has 0 spiro atoms. The zero-order valence-corrected chi connectivity index (χ0v) is 29.0. The van der Waals surface area contributed by atoms with Crippen molar-refractivity contribution in [3.8, 4) is 0 Å². The van der Waals surface area contributed by atoms with E-state index in [-0.39, 0.29) is 43.9 Å². The van der Waals surface area contributed by atoms with Crippen molar-refractivity contribution in [1.29, 1.82) is 0 Å². The number of aromatic carboxylic acids is 4. The highest BCUT2D eigenvalue weighted by Gasteiger charge is 2.70. The normalized spacial score (nSPS) is 35.3. The predicted molar refractivity (Wildman–Crippen MR) is 193 cm³/mol. The van der Waals surface area contributed by atoms with E-state index in [2.05, 4.69) is 0 Å². The second-order valence-corrected chi connectivity index (χ2v) is 18.0. The molecule has 4 aromatic rings. The van der Waals surface area contributed by atoms with Crippen LogP contribution in [0.4, 0.5) is 0 Å². The van der Waals surface area contributed by atoms with E-state index in [1.807, 2.05) is 24.3 Å². The van der Waals surface area contributed by atoms with Crippen molar-refractivity contribution in [1.82, 2.24) is 0 Å². The molecule has 4 unspecified atom stereocenters. The number of fused-ring (bicyclic) bond motifs is 2. The van der Waals surface area contributed by atoms with Gasteiger partial charge in [-0.25, -0.2) is 19.2 Å². The van der Waals surface area contributed by atoms with Gasteiger partial charge in [0.25, 0.3) is 0 Å². The molecule has 266 valence electrons. The summed E-state index contributed by atoms with van der Waals surface area (Å²) in [6.45, 7) is 0. The van der Waals surface area contributed by atoms with Crippen LogP contribution in [0.5, 0.6) is 0 Å². The Morgan fingerprint density at radius 3 is 1.10 bits per heavy atom. The lowest BCUT2D eigenvalue weighted by Crippen LogP contribution is -2.66. The summed E-state index contributed by atoms with van der Waals surface area (Å²) in [7, 11) is 0. The third-order valence-corrected chi connectivity index (χ3v) is 15.4. The molecule has 0 amide bonds. The highest BCUT2D eigenvalue weighted by molar-refractivity contribution is 6.14. The van der Waals surface area contributed by atoms with E-state index >= 15 is 0 Å². The topological polar surface area (TPSA) is 149 Å². The number of carboxylic acids is 4. The van der Waals surface area contributed by atoms with E-state index in [0.717, 1.165) is 60.4 Å². The SMILES string of the molecule is O=C(O)c1cccc2c(C34CC5CC(C3)CC(C36CC7CC(CC(c8ccc(C(=O)O)c9c(C(=O)O)cccc89)(C7)C3)C6)(C5)C4)ccc(C(=O)O)c12. The highest BCUT2D eigenvalue weighted by atomic mass is 16.4. The molecule has 8 bridgehead atoms. The summed E-state index contributed by atoms with van der Waals surface area (Å²) in [5, 5.41) is 42.9. The average molecular weight is 699 g/mol. The van der Waals surface area contributed by atoms with Crippen LogP contribution in [0.2, 0.25) is 0 Å². The van der Waals surface area contributed by atoms with Gasteiger partial charge in [-0.05, 0) is 169 Å². The third kappa shape index (κ3) is 4.15. The first kappa shape index (κ1) is 32.0. The first-order valence-corrected chi connectivity index (χ1v) is 18.9. The number of hydrogen-bond acceptors (Lipinski definition) is 4. The van der Waals surface area contributed by atoms with Crippen molar-refractivity contribution in [3.63, 3.8) is 0 Å². The molecule has 0 aliphatic heterocycles. The summed E-state index contributed by atoms with van der Waals surface area (Å²) < 4.78 is 0. The highest BCUT2D eigenvalue weighted by Crippen LogP contribution is 2.79. The van der Waals surface area contributed by atoms with Crippen LogP contribution in [0, 0.1) is 34.5 Å². The average Bonchev–Trinajstić information content (AvgIpc) is 3.08. The van der Waals surface area contributed by atoms with Gasteiger partial charge >= 0.3 is 23.9 Å². The van der Waals surface area contributed by atoms with Gasteiger partial charge in [0.1, 0.15) is 0 Å². The quantitative estimate of drug-likeness (QED) is 0.149. The van der Waals surface area contributed by atoms with Gasteiger partial charge < -0.3 is 20.4 Å². The molecule has 4 N–H and O–H groups in total. The van der Waals surface area contributed by atoms with Gasteiger partial charge in [-0.3, -0.25) is 0 Å². The summed E-state index contributed by atoms with van der Waals surface area (Å²) >= 11 is 0. The molecular weight excluding hydrogens is 656 g/mol. The van der Waals surface area contributed by atoms with Crippen LogP contribution in [0.1, 0.15) is 130 Å². The smallest absolute Gasteiger partial charge is 0.336 e. The summed E-state index contributed by atoms with van der Waals surface area (Å²) in [6.07, 6.45) is 13.4. The molecule has 52 heavy (non-hydrogen) atoms. The van der Waals surface area contributed by atoms with Gasteiger partial charge in [-0.15, -0.1) is 0 Å². The maximum absolute atomic E-state index is 12.4. The lowest BCUT2D eigenvalue weighted by atomic mass is 9.30. The molecule has 4 aromatic carbocycles. The van der Waals surface area contributed by atoms with Crippen LogP contribution in [-0.4, -0.2) is 44.3 Å². The second-order valence-electron chi connectivity index (χ2n) is 18.0. The number of rotatable bonds is 7. The van der Waals surface area contributed by atoms with Crippen molar-refractivity contribution in [3.05, 3.63) is 94.0 Å². The van der Waals surface area contributed by atoms with E-state index < -0.39 is 23.9 Å².